The molecule has 15 nitrogen and oxygen atoms in total. The molecule has 0 aromatic carbocycles. The second kappa shape index (κ2) is 8.99. The molecular formula is C10H15NO14P3S-. The molecule has 1 fully saturated rings. The second-order valence-electron chi connectivity index (χ2n) is 5.72. The summed E-state index contributed by atoms with van der Waals surface area (Å²) in [5.41, 5.74) is 0. The van der Waals surface area contributed by atoms with Crippen LogP contribution in [0.2, 0.25) is 0 Å². The van der Waals surface area contributed by atoms with E-state index in [1.165, 1.54) is 0 Å². The first kappa shape index (κ1) is 24.9. The molecule has 7 atom stereocenters. The molecule has 0 bridgehead atoms. The van der Waals surface area contributed by atoms with Crippen LogP contribution in [0.5, 0.6) is 0 Å². The van der Waals surface area contributed by atoms with Gasteiger partial charge in [0.05, 0.1) is 12.5 Å². The van der Waals surface area contributed by atoms with Gasteiger partial charge in [-0.1, -0.05) is 6.08 Å². The van der Waals surface area contributed by atoms with Crippen LogP contribution in [0.15, 0.2) is 12.2 Å². The number of phosphoric acid groups is 2. The quantitative estimate of drug-likeness (QED) is 0.146. The lowest BCUT2D eigenvalue weighted by molar-refractivity contribution is -0.210. The van der Waals surface area contributed by atoms with Crippen molar-refractivity contribution in [2.45, 2.75) is 24.4 Å². The van der Waals surface area contributed by atoms with E-state index < -0.39 is 71.1 Å². The molecule has 1 saturated heterocycles. The number of ether oxygens (including phenoxy) is 1. The van der Waals surface area contributed by atoms with Gasteiger partial charge in [-0.3, -0.25) is 19.5 Å². The molecule has 2 heterocycles. The summed E-state index contributed by atoms with van der Waals surface area (Å²) < 4.78 is 39.1. The monoisotopic (exact) mass is 498 g/mol. The standard InChI is InChI=1S/C10H16NO14P3S/c12-6-2-1-4(10(15)11-6)9-8(14)7(13)5(23-9)3-22-28(21,29)25-27(19,20)24-26(16,17)18/h1-2,4-5,7-9,13-14H,3H2,(H,19,20)(H,21,29)(H,11,12,15)(H2,16,17,18)/p-1. The third-order valence-electron chi connectivity index (χ3n) is 3.57. The zero-order valence-electron chi connectivity index (χ0n) is 13.9. The van der Waals surface area contributed by atoms with E-state index >= 15 is 0 Å². The molecule has 0 spiro atoms. The van der Waals surface area contributed by atoms with Crippen LogP contribution in [0.25, 0.3) is 0 Å². The Hall–Kier alpha value is -0.410. The summed E-state index contributed by atoms with van der Waals surface area (Å²) in [6.07, 6.45) is -3.85. The Kier molecular flexibility index (Phi) is 7.70. The average molecular weight is 498 g/mol. The van der Waals surface area contributed by atoms with E-state index in [1.54, 1.807) is 0 Å². The summed E-state index contributed by atoms with van der Waals surface area (Å²) in [5, 5.41) is 22.1. The summed E-state index contributed by atoms with van der Waals surface area (Å²) in [5.74, 6) is -2.63. The predicted octanol–water partition coefficient (Wildman–Crippen LogP) is -2.87. The Bertz CT molecular complexity index is 841. The topological polar surface area (TPSA) is 241 Å². The molecule has 2 rings (SSSR count). The molecule has 0 aromatic rings. The fourth-order valence-electron chi connectivity index (χ4n) is 2.46. The van der Waals surface area contributed by atoms with Crippen LogP contribution < -0.4 is 10.2 Å². The molecule has 2 aliphatic rings. The smallest absolute Gasteiger partial charge is 0.476 e. The lowest BCUT2D eigenvalue weighted by atomic mass is 9.93. The summed E-state index contributed by atoms with van der Waals surface area (Å²) in [6.45, 7) is -5.53. The summed E-state index contributed by atoms with van der Waals surface area (Å²) >= 11 is 4.37. The van der Waals surface area contributed by atoms with Gasteiger partial charge in [0.2, 0.25) is 11.8 Å². The molecule has 19 heteroatoms. The van der Waals surface area contributed by atoms with Crippen molar-refractivity contribution in [1.29, 1.82) is 0 Å². The van der Waals surface area contributed by atoms with Gasteiger partial charge in [0, 0.05) is 6.08 Å². The van der Waals surface area contributed by atoms with Gasteiger partial charge in [0.1, 0.15) is 24.4 Å². The van der Waals surface area contributed by atoms with Crippen LogP contribution in [-0.4, -0.2) is 67.7 Å². The summed E-state index contributed by atoms with van der Waals surface area (Å²) in [4.78, 5) is 60.9. The lowest BCUT2D eigenvalue weighted by Crippen LogP contribution is -2.46. The van der Waals surface area contributed by atoms with Gasteiger partial charge in [0.25, 0.3) is 7.82 Å². The number of hydrogen-bond acceptors (Lipinski definition) is 12. The molecule has 7 unspecified atom stereocenters. The van der Waals surface area contributed by atoms with Gasteiger partial charge in [-0.25, -0.2) is 13.2 Å². The highest BCUT2D eigenvalue weighted by molar-refractivity contribution is 8.08. The maximum Gasteiger partial charge on any atom is 0.476 e. The number of amides is 2. The number of aliphatic hydroxyl groups is 2. The Balaban J connectivity index is 2.00. The minimum absolute atomic E-state index is 0.683. The maximum atomic E-state index is 11.8. The molecular weight excluding hydrogens is 483 g/mol. The van der Waals surface area contributed by atoms with E-state index in [0.29, 0.717) is 0 Å². The zero-order valence-corrected chi connectivity index (χ0v) is 17.4. The number of rotatable bonds is 8. The van der Waals surface area contributed by atoms with Gasteiger partial charge in [-0.05, 0) is 11.8 Å². The van der Waals surface area contributed by atoms with Crippen LogP contribution in [-0.2, 0) is 48.4 Å². The number of carbonyl (C=O) groups is 2. The third kappa shape index (κ3) is 7.06. The number of imide groups is 1. The number of hydrogen-bond donors (Lipinski definition) is 6. The normalized spacial score (nSPS) is 34.5. The maximum absolute atomic E-state index is 11.8. The van der Waals surface area contributed by atoms with E-state index in [0.717, 1.165) is 12.2 Å². The van der Waals surface area contributed by atoms with Gasteiger partial charge >= 0.3 is 14.5 Å². The van der Waals surface area contributed by atoms with Crippen LogP contribution in [0.1, 0.15) is 0 Å². The Labute approximate surface area is 167 Å². The number of aliphatic hydroxyl groups excluding tert-OH is 2. The van der Waals surface area contributed by atoms with E-state index in [2.05, 4.69) is 25.0 Å². The molecule has 0 aromatic heterocycles. The fourth-order valence-corrected chi connectivity index (χ4v) is 6.34. The van der Waals surface area contributed by atoms with E-state index in [4.69, 9.17) is 14.5 Å². The highest BCUT2D eigenvalue weighted by atomic mass is 32.5. The van der Waals surface area contributed by atoms with Crippen molar-refractivity contribution in [1.82, 2.24) is 5.32 Å². The molecule has 166 valence electrons. The minimum Gasteiger partial charge on any atom is -0.756 e. The van der Waals surface area contributed by atoms with E-state index in [1.807, 2.05) is 5.32 Å². The number of nitrogens with one attached hydrogen (secondary N) is 1. The minimum atomic E-state index is -5.76. The largest absolute Gasteiger partial charge is 0.756 e. The summed E-state index contributed by atoms with van der Waals surface area (Å²) in [6, 6.07) is 0. The van der Waals surface area contributed by atoms with Crippen LogP contribution in [0, 0.1) is 5.92 Å². The first-order chi connectivity index (χ1) is 13.1. The molecule has 6 N–H and O–H groups in total. The predicted molar refractivity (Wildman–Crippen MR) is 90.7 cm³/mol. The fraction of sp³-hybridized carbons (Fsp3) is 0.600. The second-order valence-corrected chi connectivity index (χ2v) is 11.5. The lowest BCUT2D eigenvalue weighted by Gasteiger charge is -2.27. The number of carbonyl (C=O) groups excluding carboxylic acids is 2. The van der Waals surface area contributed by atoms with Crippen molar-refractivity contribution in [3.63, 3.8) is 0 Å². The van der Waals surface area contributed by atoms with Crippen molar-refractivity contribution in [2.75, 3.05) is 6.61 Å². The zero-order chi connectivity index (χ0) is 22.2. The van der Waals surface area contributed by atoms with Crippen molar-refractivity contribution in [3.05, 3.63) is 12.2 Å². The van der Waals surface area contributed by atoms with Gasteiger partial charge in [-0.15, -0.1) is 0 Å². The molecule has 0 aliphatic carbocycles. The third-order valence-corrected chi connectivity index (χ3v) is 8.24. The van der Waals surface area contributed by atoms with Gasteiger partial charge in [-0.2, -0.15) is 0 Å². The molecule has 0 radical (unpaired) electrons. The van der Waals surface area contributed by atoms with E-state index in [9.17, 15) is 38.7 Å². The Morgan fingerprint density at radius 3 is 2.34 bits per heavy atom. The molecule has 2 aliphatic heterocycles. The van der Waals surface area contributed by atoms with Crippen molar-refractivity contribution in [3.8, 4) is 0 Å². The highest BCUT2D eigenvalue weighted by Gasteiger charge is 2.49. The first-order valence-electron chi connectivity index (χ1n) is 7.41. The first-order valence-corrected chi connectivity index (χ1v) is 13.0. The molecule has 29 heavy (non-hydrogen) atoms. The Morgan fingerprint density at radius 1 is 1.17 bits per heavy atom. The SMILES string of the molecule is O=C1C=CC(C2OC(COP(O)(=S)OP(=O)([O-])OP(=O)(O)O)C(O)C2O)C(=O)N1. The average Bonchev–Trinajstić information content (AvgIpc) is 2.78. The highest BCUT2D eigenvalue weighted by Crippen LogP contribution is 2.64. The Morgan fingerprint density at radius 2 is 1.79 bits per heavy atom. The molecule has 2 amide bonds. The van der Waals surface area contributed by atoms with Crippen molar-refractivity contribution < 1.29 is 66.4 Å². The van der Waals surface area contributed by atoms with E-state index in [-0.39, 0.29) is 0 Å². The molecule has 0 saturated carbocycles. The van der Waals surface area contributed by atoms with Crippen molar-refractivity contribution in [2.24, 2.45) is 5.92 Å². The van der Waals surface area contributed by atoms with Crippen LogP contribution >= 0.6 is 22.4 Å². The summed E-state index contributed by atoms with van der Waals surface area (Å²) in [7, 11) is -11.3. The van der Waals surface area contributed by atoms with Crippen LogP contribution in [0.4, 0.5) is 0 Å². The van der Waals surface area contributed by atoms with Crippen molar-refractivity contribution >= 4 is 46.0 Å². The van der Waals surface area contributed by atoms with Crippen LogP contribution in [0.3, 0.4) is 0 Å². The van der Waals surface area contributed by atoms with Gasteiger partial charge < -0.3 is 39.0 Å². The van der Waals surface area contributed by atoms with Gasteiger partial charge in [0.15, 0.2) is 0 Å².